The van der Waals surface area contributed by atoms with Crippen molar-refractivity contribution in [1.29, 1.82) is 0 Å². The van der Waals surface area contributed by atoms with Crippen molar-refractivity contribution in [2.24, 2.45) is 4.99 Å². The molecule has 1 aliphatic heterocycles. The van der Waals surface area contributed by atoms with Gasteiger partial charge in [0.2, 0.25) is 0 Å². The van der Waals surface area contributed by atoms with E-state index in [1.807, 2.05) is 19.2 Å². The minimum Gasteiger partial charge on any atom is -0.368 e. The summed E-state index contributed by atoms with van der Waals surface area (Å²) in [5.41, 5.74) is 3.48. The van der Waals surface area contributed by atoms with Crippen LogP contribution < -0.4 is 15.5 Å². The third kappa shape index (κ3) is 3.90. The first-order valence-corrected chi connectivity index (χ1v) is 8.92. The van der Waals surface area contributed by atoms with Crippen molar-refractivity contribution < 1.29 is 0 Å². The zero-order valence-corrected chi connectivity index (χ0v) is 15.6. The van der Waals surface area contributed by atoms with Gasteiger partial charge in [-0.15, -0.1) is 0 Å². The predicted octanol–water partition coefficient (Wildman–Crippen LogP) is 2.42. The molecule has 1 unspecified atom stereocenters. The maximum absolute atomic E-state index is 4.33. The molecule has 1 saturated heterocycles. The predicted molar refractivity (Wildman–Crippen MR) is 101 cm³/mol. The Balaban J connectivity index is 1.54. The van der Waals surface area contributed by atoms with Gasteiger partial charge >= 0.3 is 0 Å². The number of anilines is 1. The second-order valence-corrected chi connectivity index (χ2v) is 6.83. The van der Waals surface area contributed by atoms with Crippen LogP contribution in [0.5, 0.6) is 0 Å². The first kappa shape index (κ1) is 16.8. The van der Waals surface area contributed by atoms with Gasteiger partial charge in [-0.2, -0.15) is 5.10 Å². The van der Waals surface area contributed by atoms with E-state index < -0.39 is 0 Å². The molecule has 7 heteroatoms. The minimum absolute atomic E-state index is 0.383. The fraction of sp³-hybridized carbons (Fsp3) is 0.412. The highest BCUT2D eigenvalue weighted by Gasteiger charge is 2.24. The summed E-state index contributed by atoms with van der Waals surface area (Å²) in [6.07, 6.45) is 2.94. The lowest BCUT2D eigenvalue weighted by Crippen LogP contribution is -2.44. The molecular formula is C17H23BrN6. The lowest BCUT2D eigenvalue weighted by molar-refractivity contribution is 0.648. The zero-order valence-electron chi connectivity index (χ0n) is 14.0. The van der Waals surface area contributed by atoms with Gasteiger partial charge in [0.05, 0.1) is 11.9 Å². The van der Waals surface area contributed by atoms with Crippen LogP contribution in [0.15, 0.2) is 39.9 Å². The van der Waals surface area contributed by atoms with Gasteiger partial charge in [0.1, 0.15) is 0 Å². The van der Waals surface area contributed by atoms with E-state index in [2.05, 4.69) is 64.9 Å². The van der Waals surface area contributed by atoms with Gasteiger partial charge in [0.15, 0.2) is 5.96 Å². The number of nitrogens with zero attached hydrogens (tertiary/aromatic N) is 3. The molecular weight excluding hydrogens is 368 g/mol. The molecule has 1 fully saturated rings. The molecule has 6 nitrogen and oxygen atoms in total. The average Bonchev–Trinajstić information content (AvgIpc) is 3.21. The van der Waals surface area contributed by atoms with Gasteiger partial charge in [0, 0.05) is 48.5 Å². The lowest BCUT2D eigenvalue weighted by Gasteiger charge is -2.21. The van der Waals surface area contributed by atoms with Gasteiger partial charge in [-0.25, -0.2) is 0 Å². The first-order chi connectivity index (χ1) is 11.7. The van der Waals surface area contributed by atoms with Crippen molar-refractivity contribution in [3.8, 4) is 0 Å². The number of benzene rings is 1. The topological polar surface area (TPSA) is 68.3 Å². The standard InChI is InChI=1S/C17H23BrN6/c1-12-13(10-21-23-12)9-20-17(19-2)22-14-7-8-24(11-14)16-6-4-3-5-15(16)18/h3-6,10,14H,7-9,11H2,1-2H3,(H,21,23)(H2,19,20,22). The molecule has 1 aromatic heterocycles. The van der Waals surface area contributed by atoms with E-state index in [1.165, 1.54) is 5.69 Å². The number of aryl methyl sites for hydroxylation is 1. The Kier molecular flexibility index (Phi) is 5.40. The summed E-state index contributed by atoms with van der Waals surface area (Å²) >= 11 is 3.64. The summed E-state index contributed by atoms with van der Waals surface area (Å²) in [4.78, 5) is 6.73. The van der Waals surface area contributed by atoms with E-state index in [0.717, 1.165) is 41.2 Å². The molecule has 2 heterocycles. The van der Waals surface area contributed by atoms with Gasteiger partial charge in [-0.1, -0.05) is 12.1 Å². The second-order valence-electron chi connectivity index (χ2n) is 5.97. The highest BCUT2D eigenvalue weighted by atomic mass is 79.9. The molecule has 0 radical (unpaired) electrons. The molecule has 3 N–H and O–H groups in total. The average molecular weight is 391 g/mol. The summed E-state index contributed by atoms with van der Waals surface area (Å²) in [6, 6.07) is 8.75. The quantitative estimate of drug-likeness (QED) is 0.553. The number of hydrogen-bond donors (Lipinski definition) is 3. The lowest BCUT2D eigenvalue weighted by atomic mass is 10.2. The molecule has 2 aromatic rings. The van der Waals surface area contributed by atoms with Crippen molar-refractivity contribution in [2.45, 2.75) is 25.9 Å². The van der Waals surface area contributed by atoms with Crippen LogP contribution in [0.25, 0.3) is 0 Å². The number of guanidine groups is 1. The SMILES string of the molecule is CN=C(NCc1cn[nH]c1C)NC1CCN(c2ccccc2Br)C1. The maximum Gasteiger partial charge on any atom is 0.191 e. The molecule has 128 valence electrons. The van der Waals surface area contributed by atoms with Crippen LogP contribution in [0.3, 0.4) is 0 Å². The second kappa shape index (κ2) is 7.70. The van der Waals surface area contributed by atoms with Crippen molar-refractivity contribution in [1.82, 2.24) is 20.8 Å². The number of aromatic amines is 1. The molecule has 1 aromatic carbocycles. The number of aliphatic imine (C=N–C) groups is 1. The first-order valence-electron chi connectivity index (χ1n) is 8.13. The molecule has 24 heavy (non-hydrogen) atoms. The maximum atomic E-state index is 4.33. The van der Waals surface area contributed by atoms with Crippen molar-refractivity contribution >= 4 is 27.6 Å². The molecule has 3 rings (SSSR count). The third-order valence-corrected chi connectivity index (χ3v) is 5.00. The van der Waals surface area contributed by atoms with Crippen molar-refractivity contribution in [3.63, 3.8) is 0 Å². The molecule has 0 saturated carbocycles. The van der Waals surface area contributed by atoms with Gasteiger partial charge < -0.3 is 15.5 Å². The van der Waals surface area contributed by atoms with Gasteiger partial charge in [-0.05, 0) is 41.4 Å². The molecule has 0 spiro atoms. The molecule has 0 bridgehead atoms. The Bertz CT molecular complexity index is 711. The fourth-order valence-electron chi connectivity index (χ4n) is 2.93. The van der Waals surface area contributed by atoms with E-state index in [-0.39, 0.29) is 0 Å². The summed E-state index contributed by atoms with van der Waals surface area (Å²) in [6.45, 7) is 4.74. The van der Waals surface area contributed by atoms with Crippen LogP contribution >= 0.6 is 15.9 Å². The number of halogens is 1. The Morgan fingerprint density at radius 3 is 3.00 bits per heavy atom. The van der Waals surface area contributed by atoms with E-state index in [1.54, 1.807) is 7.05 Å². The molecule has 1 aliphatic rings. The Hall–Kier alpha value is -2.02. The number of rotatable bonds is 4. The molecule has 1 atom stereocenters. The minimum atomic E-state index is 0.383. The summed E-state index contributed by atoms with van der Waals surface area (Å²) in [5.74, 6) is 0.828. The summed E-state index contributed by atoms with van der Waals surface area (Å²) < 4.78 is 1.14. The van der Waals surface area contributed by atoms with Crippen LogP contribution in [0.2, 0.25) is 0 Å². The Morgan fingerprint density at radius 1 is 1.46 bits per heavy atom. The highest BCUT2D eigenvalue weighted by molar-refractivity contribution is 9.10. The van der Waals surface area contributed by atoms with E-state index >= 15 is 0 Å². The number of aromatic nitrogens is 2. The van der Waals surface area contributed by atoms with Crippen molar-refractivity contribution in [3.05, 3.63) is 46.2 Å². The molecule has 0 amide bonds. The van der Waals surface area contributed by atoms with E-state index in [4.69, 9.17) is 0 Å². The van der Waals surface area contributed by atoms with Crippen LogP contribution in [0.4, 0.5) is 5.69 Å². The van der Waals surface area contributed by atoms with Crippen LogP contribution in [0, 0.1) is 6.92 Å². The van der Waals surface area contributed by atoms with Crippen LogP contribution in [0.1, 0.15) is 17.7 Å². The Labute approximate surface area is 150 Å². The number of para-hydroxylation sites is 1. The number of hydrogen-bond acceptors (Lipinski definition) is 3. The summed E-state index contributed by atoms with van der Waals surface area (Å²) in [5, 5.41) is 13.9. The van der Waals surface area contributed by atoms with Crippen LogP contribution in [-0.4, -0.2) is 42.3 Å². The normalized spacial score (nSPS) is 18.0. The Morgan fingerprint density at radius 2 is 2.29 bits per heavy atom. The van der Waals surface area contributed by atoms with Crippen molar-refractivity contribution in [2.75, 3.05) is 25.0 Å². The fourth-order valence-corrected chi connectivity index (χ4v) is 3.46. The number of H-pyrrole nitrogens is 1. The third-order valence-electron chi connectivity index (χ3n) is 4.33. The largest absolute Gasteiger partial charge is 0.368 e. The zero-order chi connectivity index (χ0) is 16.9. The smallest absolute Gasteiger partial charge is 0.191 e. The van der Waals surface area contributed by atoms with E-state index in [0.29, 0.717) is 12.6 Å². The monoisotopic (exact) mass is 390 g/mol. The van der Waals surface area contributed by atoms with E-state index in [9.17, 15) is 0 Å². The van der Waals surface area contributed by atoms with Gasteiger partial charge in [-0.3, -0.25) is 10.1 Å². The number of nitrogens with one attached hydrogen (secondary N) is 3. The summed E-state index contributed by atoms with van der Waals surface area (Å²) in [7, 11) is 1.80. The van der Waals surface area contributed by atoms with Gasteiger partial charge in [0.25, 0.3) is 0 Å². The van der Waals surface area contributed by atoms with Crippen LogP contribution in [-0.2, 0) is 6.54 Å². The molecule has 0 aliphatic carbocycles. The highest BCUT2D eigenvalue weighted by Crippen LogP contribution is 2.28.